The fourth-order valence-electron chi connectivity index (χ4n) is 1.67. The highest BCUT2D eigenvalue weighted by atomic mass is 32.2. The van der Waals surface area contributed by atoms with Crippen molar-refractivity contribution in [2.24, 2.45) is 5.10 Å². The van der Waals surface area contributed by atoms with E-state index in [-0.39, 0.29) is 0 Å². The normalized spacial score (nSPS) is 10.5. The summed E-state index contributed by atoms with van der Waals surface area (Å²) in [5.41, 5.74) is 5.03. The van der Waals surface area contributed by atoms with Gasteiger partial charge in [0.2, 0.25) is 0 Å². The van der Waals surface area contributed by atoms with Gasteiger partial charge in [0.25, 0.3) is 0 Å². The van der Waals surface area contributed by atoms with Gasteiger partial charge in [-0.2, -0.15) is 5.10 Å². The lowest BCUT2D eigenvalue weighted by atomic mass is 10.2. The summed E-state index contributed by atoms with van der Waals surface area (Å²) >= 11 is 6.89. The predicted octanol–water partition coefficient (Wildman–Crippen LogP) is 3.41. The summed E-state index contributed by atoms with van der Waals surface area (Å²) in [7, 11) is 0. The van der Waals surface area contributed by atoms with Crippen LogP contribution in [-0.2, 0) is 6.54 Å². The van der Waals surface area contributed by atoms with Crippen LogP contribution in [0.15, 0.2) is 64.6 Å². The lowest BCUT2D eigenvalue weighted by Crippen LogP contribution is -2.31. The Kier molecular flexibility index (Phi) is 6.24. The Morgan fingerprint density at radius 1 is 1.14 bits per heavy atom. The molecule has 0 amide bonds. The molecule has 0 aliphatic rings. The van der Waals surface area contributed by atoms with Crippen molar-refractivity contribution in [3.05, 3.63) is 65.7 Å². The number of thiocarbonyl (C=S) groups is 1. The molecule has 0 spiro atoms. The van der Waals surface area contributed by atoms with Gasteiger partial charge in [-0.1, -0.05) is 42.5 Å². The van der Waals surface area contributed by atoms with Gasteiger partial charge in [-0.3, -0.25) is 5.43 Å². The Bertz CT molecular complexity index is 595. The van der Waals surface area contributed by atoms with E-state index in [9.17, 15) is 0 Å². The van der Waals surface area contributed by atoms with Crippen molar-refractivity contribution in [2.45, 2.75) is 11.4 Å². The lowest BCUT2D eigenvalue weighted by molar-refractivity contribution is 0.869. The molecule has 2 rings (SSSR count). The molecule has 0 saturated carbocycles. The van der Waals surface area contributed by atoms with Gasteiger partial charge in [-0.15, -0.1) is 11.8 Å². The van der Waals surface area contributed by atoms with Crippen LogP contribution in [0, 0.1) is 0 Å². The molecule has 0 saturated heterocycles. The highest BCUT2D eigenvalue weighted by Crippen LogP contribution is 2.13. The van der Waals surface area contributed by atoms with Crippen molar-refractivity contribution in [1.29, 1.82) is 0 Å². The first-order valence-electron chi connectivity index (χ1n) is 6.53. The number of hydrogen-bond donors (Lipinski definition) is 2. The first kappa shape index (κ1) is 15.5. The van der Waals surface area contributed by atoms with Crippen LogP contribution in [0.4, 0.5) is 0 Å². The lowest BCUT2D eigenvalue weighted by Gasteiger charge is -2.06. The first-order chi connectivity index (χ1) is 10.3. The third-order valence-corrected chi connectivity index (χ3v) is 3.77. The molecule has 0 unspecified atom stereocenters. The highest BCUT2D eigenvalue weighted by Gasteiger charge is 1.94. The van der Waals surface area contributed by atoms with E-state index in [1.54, 1.807) is 18.0 Å². The minimum atomic E-state index is 0.510. The molecule has 21 heavy (non-hydrogen) atoms. The maximum Gasteiger partial charge on any atom is 0.187 e. The monoisotopic (exact) mass is 315 g/mol. The quantitative estimate of drug-likeness (QED) is 0.384. The second kappa shape index (κ2) is 8.44. The minimum Gasteiger partial charge on any atom is -0.357 e. The molecule has 2 aromatic rings. The van der Waals surface area contributed by atoms with Crippen LogP contribution < -0.4 is 10.7 Å². The molecule has 0 bridgehead atoms. The number of hydrazone groups is 1. The molecule has 0 aliphatic carbocycles. The smallest absolute Gasteiger partial charge is 0.187 e. The van der Waals surface area contributed by atoms with Gasteiger partial charge in [0.05, 0.1) is 6.21 Å². The molecule has 3 nitrogen and oxygen atoms in total. The zero-order valence-electron chi connectivity index (χ0n) is 11.7. The third-order valence-electron chi connectivity index (χ3n) is 2.79. The maximum absolute atomic E-state index is 5.17. The van der Waals surface area contributed by atoms with Gasteiger partial charge in [0.1, 0.15) is 0 Å². The largest absolute Gasteiger partial charge is 0.357 e. The molecular weight excluding hydrogens is 298 g/mol. The van der Waals surface area contributed by atoms with E-state index in [0.717, 1.165) is 5.56 Å². The highest BCUT2D eigenvalue weighted by molar-refractivity contribution is 7.98. The predicted molar refractivity (Wildman–Crippen MR) is 94.8 cm³/mol. The molecule has 2 aromatic carbocycles. The molecule has 0 radical (unpaired) electrons. The van der Waals surface area contributed by atoms with E-state index in [2.05, 4.69) is 34.2 Å². The average Bonchev–Trinajstić information content (AvgIpc) is 2.54. The van der Waals surface area contributed by atoms with Crippen molar-refractivity contribution < 1.29 is 0 Å². The van der Waals surface area contributed by atoms with E-state index in [4.69, 9.17) is 12.2 Å². The first-order valence-corrected chi connectivity index (χ1v) is 8.16. The number of rotatable bonds is 5. The minimum absolute atomic E-state index is 0.510. The fourth-order valence-corrected chi connectivity index (χ4v) is 2.21. The summed E-state index contributed by atoms with van der Waals surface area (Å²) < 4.78 is 0. The van der Waals surface area contributed by atoms with Crippen LogP contribution in [0.2, 0.25) is 0 Å². The van der Waals surface area contributed by atoms with Crippen molar-refractivity contribution in [1.82, 2.24) is 10.7 Å². The number of nitrogens with one attached hydrogen (secondary N) is 2. The SMILES string of the molecule is CSc1ccc(C=NNC(=S)NCc2ccccc2)cc1. The van der Waals surface area contributed by atoms with Crippen LogP contribution in [0.25, 0.3) is 0 Å². The Balaban J connectivity index is 1.76. The van der Waals surface area contributed by atoms with Crippen molar-refractivity contribution in [3.8, 4) is 0 Å². The van der Waals surface area contributed by atoms with Crippen LogP contribution in [-0.4, -0.2) is 17.6 Å². The molecule has 5 heteroatoms. The van der Waals surface area contributed by atoms with Crippen molar-refractivity contribution in [3.63, 3.8) is 0 Å². The van der Waals surface area contributed by atoms with Crippen LogP contribution in [0.5, 0.6) is 0 Å². The standard InChI is InChI=1S/C16H17N3S2/c1-21-15-9-7-14(8-10-15)12-18-19-16(20)17-11-13-5-3-2-4-6-13/h2-10,12H,11H2,1H3,(H2,17,19,20). The van der Waals surface area contributed by atoms with E-state index < -0.39 is 0 Å². The van der Waals surface area contributed by atoms with Gasteiger partial charge < -0.3 is 5.32 Å². The van der Waals surface area contributed by atoms with Crippen molar-refractivity contribution in [2.75, 3.05) is 6.26 Å². The molecule has 0 fully saturated rings. The fraction of sp³-hybridized carbons (Fsp3) is 0.125. The Morgan fingerprint density at radius 3 is 2.52 bits per heavy atom. The van der Waals surface area contributed by atoms with Gasteiger partial charge in [-0.05, 0) is 41.7 Å². The number of nitrogens with zero attached hydrogens (tertiary/aromatic N) is 1. The maximum atomic E-state index is 5.17. The van der Waals surface area contributed by atoms with Crippen LogP contribution >= 0.6 is 24.0 Å². The molecule has 0 heterocycles. The summed E-state index contributed by atoms with van der Waals surface area (Å²) in [6.07, 6.45) is 3.81. The van der Waals surface area contributed by atoms with Gasteiger partial charge >= 0.3 is 0 Å². The molecule has 0 atom stereocenters. The van der Waals surface area contributed by atoms with E-state index >= 15 is 0 Å². The zero-order valence-corrected chi connectivity index (χ0v) is 13.4. The number of hydrogen-bond acceptors (Lipinski definition) is 3. The van der Waals surface area contributed by atoms with Gasteiger partial charge in [0.15, 0.2) is 5.11 Å². The number of benzene rings is 2. The van der Waals surface area contributed by atoms with E-state index in [1.807, 2.05) is 42.5 Å². The van der Waals surface area contributed by atoms with Gasteiger partial charge in [-0.25, -0.2) is 0 Å². The second-order valence-electron chi connectivity index (χ2n) is 4.31. The van der Waals surface area contributed by atoms with Crippen molar-refractivity contribution >= 4 is 35.3 Å². The summed E-state index contributed by atoms with van der Waals surface area (Å²) in [5, 5.41) is 7.74. The zero-order chi connectivity index (χ0) is 14.9. The molecular formula is C16H17N3S2. The molecule has 0 aliphatic heterocycles. The second-order valence-corrected chi connectivity index (χ2v) is 5.60. The average molecular weight is 315 g/mol. The van der Waals surface area contributed by atoms with E-state index in [0.29, 0.717) is 11.7 Å². The molecule has 0 aromatic heterocycles. The Labute approximate surface area is 134 Å². The van der Waals surface area contributed by atoms with E-state index in [1.165, 1.54) is 10.5 Å². The Hall–Kier alpha value is -1.85. The van der Waals surface area contributed by atoms with Gasteiger partial charge in [0, 0.05) is 11.4 Å². The van der Waals surface area contributed by atoms with Crippen LogP contribution in [0.3, 0.4) is 0 Å². The van der Waals surface area contributed by atoms with Crippen LogP contribution in [0.1, 0.15) is 11.1 Å². The summed E-state index contributed by atoms with van der Waals surface area (Å²) in [6, 6.07) is 18.3. The third kappa shape index (κ3) is 5.57. The topological polar surface area (TPSA) is 36.4 Å². The summed E-state index contributed by atoms with van der Waals surface area (Å²) in [6.45, 7) is 0.685. The molecule has 108 valence electrons. The summed E-state index contributed by atoms with van der Waals surface area (Å²) in [5.74, 6) is 0. The molecule has 2 N–H and O–H groups in total. The number of thioether (sulfide) groups is 1. The Morgan fingerprint density at radius 2 is 1.86 bits per heavy atom. The summed E-state index contributed by atoms with van der Waals surface area (Å²) in [4.78, 5) is 1.24.